The molecule has 2 aromatic heterocycles. The lowest BCUT2D eigenvalue weighted by molar-refractivity contribution is 0.127. The van der Waals surface area contributed by atoms with Crippen LogP contribution in [-0.4, -0.2) is 63.4 Å². The van der Waals surface area contributed by atoms with Crippen molar-refractivity contribution in [3.8, 4) is 0 Å². The molecule has 0 aliphatic carbocycles. The molecule has 0 amide bonds. The van der Waals surface area contributed by atoms with E-state index in [0.717, 1.165) is 44.1 Å². The summed E-state index contributed by atoms with van der Waals surface area (Å²) in [5.74, 6) is 1.05. The second kappa shape index (κ2) is 5.76. The van der Waals surface area contributed by atoms with Gasteiger partial charge in [-0.15, -0.1) is 5.10 Å². The van der Waals surface area contributed by atoms with Crippen LogP contribution in [0.15, 0.2) is 24.7 Å². The van der Waals surface area contributed by atoms with Gasteiger partial charge in [-0.25, -0.2) is 9.50 Å². The van der Waals surface area contributed by atoms with E-state index in [9.17, 15) is 5.11 Å². The van der Waals surface area contributed by atoms with Gasteiger partial charge in [-0.1, -0.05) is 0 Å². The quantitative estimate of drug-likeness (QED) is 0.928. The van der Waals surface area contributed by atoms with Gasteiger partial charge in [0.25, 0.3) is 0 Å². The average molecular weight is 315 g/mol. The van der Waals surface area contributed by atoms with Gasteiger partial charge in [0.1, 0.15) is 12.1 Å². The van der Waals surface area contributed by atoms with Crippen LogP contribution < -0.4 is 4.90 Å². The average Bonchev–Trinajstić information content (AvgIpc) is 3.14. The molecule has 0 saturated carbocycles. The Morgan fingerprint density at radius 1 is 1.22 bits per heavy atom. The first-order valence-electron chi connectivity index (χ1n) is 8.58. The van der Waals surface area contributed by atoms with Crippen molar-refractivity contribution < 1.29 is 5.11 Å². The topological polar surface area (TPSA) is 56.9 Å². The third-order valence-corrected chi connectivity index (χ3v) is 5.45. The Morgan fingerprint density at radius 2 is 2.00 bits per heavy atom. The normalized spacial score (nSPS) is 23.0. The fourth-order valence-electron chi connectivity index (χ4n) is 4.15. The molecule has 2 saturated heterocycles. The number of imidazole rings is 1. The third-order valence-electron chi connectivity index (χ3n) is 5.45. The van der Waals surface area contributed by atoms with E-state index in [4.69, 9.17) is 0 Å². The van der Waals surface area contributed by atoms with Crippen molar-refractivity contribution in [3.63, 3.8) is 0 Å². The maximum Gasteiger partial charge on any atom is 0.149 e. The molecule has 6 heteroatoms. The molecule has 1 atom stereocenters. The summed E-state index contributed by atoms with van der Waals surface area (Å²) in [6.07, 6.45) is 7.06. The number of aromatic nitrogens is 3. The van der Waals surface area contributed by atoms with E-state index in [2.05, 4.69) is 32.0 Å². The number of rotatable bonds is 3. The summed E-state index contributed by atoms with van der Waals surface area (Å²) in [5.41, 5.74) is 1.48. The minimum atomic E-state index is -0.226. The SMILES string of the molecule is CC(O)CN1CCC2(CCN(c3ccc4cncn4n3)CC2)C1. The molecule has 23 heavy (non-hydrogen) atoms. The molecule has 2 aromatic rings. The highest BCUT2D eigenvalue weighted by atomic mass is 16.3. The van der Waals surface area contributed by atoms with Crippen molar-refractivity contribution in [3.05, 3.63) is 24.7 Å². The molecule has 0 radical (unpaired) electrons. The van der Waals surface area contributed by atoms with Crippen molar-refractivity contribution in [2.45, 2.75) is 32.3 Å². The van der Waals surface area contributed by atoms with Crippen LogP contribution in [0.2, 0.25) is 0 Å². The zero-order chi connectivity index (χ0) is 15.9. The van der Waals surface area contributed by atoms with Crippen LogP contribution in [0.25, 0.3) is 5.52 Å². The minimum absolute atomic E-state index is 0.226. The fourth-order valence-corrected chi connectivity index (χ4v) is 4.15. The van der Waals surface area contributed by atoms with Gasteiger partial charge in [-0.2, -0.15) is 0 Å². The van der Waals surface area contributed by atoms with Gasteiger partial charge >= 0.3 is 0 Å². The first-order valence-corrected chi connectivity index (χ1v) is 8.58. The Balaban J connectivity index is 1.41. The molecule has 0 bridgehead atoms. The lowest BCUT2D eigenvalue weighted by Crippen LogP contribution is -2.42. The molecule has 4 heterocycles. The lowest BCUT2D eigenvalue weighted by Gasteiger charge is -2.40. The van der Waals surface area contributed by atoms with Crippen LogP contribution in [0.4, 0.5) is 5.82 Å². The Morgan fingerprint density at radius 3 is 2.78 bits per heavy atom. The largest absolute Gasteiger partial charge is 0.392 e. The summed E-state index contributed by atoms with van der Waals surface area (Å²) in [5, 5.41) is 14.3. The lowest BCUT2D eigenvalue weighted by atomic mass is 9.78. The van der Waals surface area contributed by atoms with Gasteiger partial charge in [-0.05, 0) is 50.3 Å². The van der Waals surface area contributed by atoms with Crippen molar-refractivity contribution in [1.82, 2.24) is 19.5 Å². The van der Waals surface area contributed by atoms with Crippen LogP contribution in [0.1, 0.15) is 26.2 Å². The van der Waals surface area contributed by atoms with Crippen molar-refractivity contribution >= 4 is 11.3 Å². The number of piperidine rings is 1. The van der Waals surface area contributed by atoms with E-state index in [1.807, 2.05) is 17.6 Å². The monoisotopic (exact) mass is 315 g/mol. The molecular formula is C17H25N5O. The molecule has 1 spiro atoms. The Bertz CT molecular complexity index is 674. The smallest absolute Gasteiger partial charge is 0.149 e. The zero-order valence-electron chi connectivity index (χ0n) is 13.7. The van der Waals surface area contributed by atoms with E-state index in [1.165, 1.54) is 19.3 Å². The maximum atomic E-state index is 9.59. The molecule has 124 valence electrons. The minimum Gasteiger partial charge on any atom is -0.392 e. The summed E-state index contributed by atoms with van der Waals surface area (Å²) < 4.78 is 1.85. The van der Waals surface area contributed by atoms with Gasteiger partial charge in [0.15, 0.2) is 0 Å². The third kappa shape index (κ3) is 2.93. The van der Waals surface area contributed by atoms with E-state index in [-0.39, 0.29) is 6.10 Å². The number of aliphatic hydroxyl groups is 1. The van der Waals surface area contributed by atoms with E-state index >= 15 is 0 Å². The highest BCUT2D eigenvalue weighted by Gasteiger charge is 2.40. The van der Waals surface area contributed by atoms with Crippen LogP contribution >= 0.6 is 0 Å². The number of hydrogen-bond acceptors (Lipinski definition) is 5. The van der Waals surface area contributed by atoms with Gasteiger partial charge in [-0.3, -0.25) is 0 Å². The van der Waals surface area contributed by atoms with Gasteiger partial charge in [0.2, 0.25) is 0 Å². The Labute approximate surface area is 136 Å². The van der Waals surface area contributed by atoms with Crippen LogP contribution in [0.5, 0.6) is 0 Å². The number of aliphatic hydroxyl groups excluding tert-OH is 1. The summed E-state index contributed by atoms with van der Waals surface area (Å²) in [4.78, 5) is 8.95. The first-order chi connectivity index (χ1) is 11.1. The summed E-state index contributed by atoms with van der Waals surface area (Å²) in [6, 6.07) is 4.18. The molecule has 0 aromatic carbocycles. The van der Waals surface area contributed by atoms with E-state index < -0.39 is 0 Å². The van der Waals surface area contributed by atoms with Crippen LogP contribution in [0.3, 0.4) is 0 Å². The number of anilines is 1. The number of nitrogens with zero attached hydrogens (tertiary/aromatic N) is 5. The molecule has 1 N–H and O–H groups in total. The van der Waals surface area contributed by atoms with Crippen molar-refractivity contribution in [2.75, 3.05) is 37.6 Å². The predicted octanol–water partition coefficient (Wildman–Crippen LogP) is 1.40. The van der Waals surface area contributed by atoms with Crippen molar-refractivity contribution in [2.24, 2.45) is 5.41 Å². The zero-order valence-corrected chi connectivity index (χ0v) is 13.7. The molecule has 4 rings (SSSR count). The number of β-amino-alcohol motifs (C(OH)–C–C–N with tert-alkyl or cyclic N) is 1. The summed E-state index contributed by atoms with van der Waals surface area (Å²) in [7, 11) is 0. The summed E-state index contributed by atoms with van der Waals surface area (Å²) >= 11 is 0. The molecular weight excluding hydrogens is 290 g/mol. The van der Waals surface area contributed by atoms with Crippen LogP contribution in [-0.2, 0) is 0 Å². The fraction of sp³-hybridized carbons (Fsp3) is 0.647. The molecule has 2 fully saturated rings. The Kier molecular flexibility index (Phi) is 3.73. The van der Waals surface area contributed by atoms with E-state index in [0.29, 0.717) is 5.41 Å². The van der Waals surface area contributed by atoms with Gasteiger partial charge < -0.3 is 14.9 Å². The molecule has 2 aliphatic rings. The van der Waals surface area contributed by atoms with Crippen LogP contribution in [0, 0.1) is 5.41 Å². The highest BCUT2D eigenvalue weighted by Crippen LogP contribution is 2.41. The number of fused-ring (bicyclic) bond motifs is 1. The first kappa shape index (κ1) is 14.9. The highest BCUT2D eigenvalue weighted by molar-refractivity contribution is 5.49. The number of likely N-dealkylation sites (tertiary alicyclic amines) is 1. The summed E-state index contributed by atoms with van der Waals surface area (Å²) in [6.45, 7) is 7.09. The Hall–Kier alpha value is -1.66. The maximum absolute atomic E-state index is 9.59. The molecule has 1 unspecified atom stereocenters. The second-order valence-corrected chi connectivity index (χ2v) is 7.28. The van der Waals surface area contributed by atoms with Gasteiger partial charge in [0, 0.05) is 26.2 Å². The molecule has 2 aliphatic heterocycles. The second-order valence-electron chi connectivity index (χ2n) is 7.28. The number of hydrogen-bond donors (Lipinski definition) is 1. The van der Waals surface area contributed by atoms with Crippen molar-refractivity contribution in [1.29, 1.82) is 0 Å². The van der Waals surface area contributed by atoms with Gasteiger partial charge in [0.05, 0.1) is 17.8 Å². The van der Waals surface area contributed by atoms with E-state index in [1.54, 1.807) is 6.33 Å². The standard InChI is InChI=1S/C17H25N5O/c1-14(23)11-20-7-4-17(12-20)5-8-21(9-6-17)16-3-2-15-10-18-13-22(15)19-16/h2-3,10,13-14,23H,4-9,11-12H2,1H3. The predicted molar refractivity (Wildman–Crippen MR) is 89.6 cm³/mol. The molecule has 6 nitrogen and oxygen atoms in total.